The fourth-order valence-electron chi connectivity index (χ4n) is 3.03. The predicted octanol–water partition coefficient (Wildman–Crippen LogP) is 3.94. The summed E-state index contributed by atoms with van der Waals surface area (Å²) in [5.41, 5.74) is 5.25. The number of anilines is 2. The number of aromatic nitrogens is 4. The van der Waals surface area contributed by atoms with Gasteiger partial charge in [0.2, 0.25) is 0 Å². The fourth-order valence-corrected chi connectivity index (χ4v) is 4.15. The molecule has 3 aromatic heterocycles. The Hall–Kier alpha value is -3.70. The minimum absolute atomic E-state index is 0.0674. The highest BCUT2D eigenvalue weighted by Gasteiger charge is 2.24. The van der Waals surface area contributed by atoms with Gasteiger partial charge in [0.15, 0.2) is 0 Å². The van der Waals surface area contributed by atoms with E-state index >= 15 is 0 Å². The highest BCUT2D eigenvalue weighted by atomic mass is 32.1. The van der Waals surface area contributed by atoms with Gasteiger partial charge in [-0.25, -0.2) is 13.8 Å². The van der Waals surface area contributed by atoms with E-state index < -0.39 is 23.1 Å². The number of nitrogens with one attached hydrogen (secondary N) is 2. The van der Waals surface area contributed by atoms with Crippen LogP contribution in [0.1, 0.15) is 29.8 Å². The molecule has 4 aromatic rings. The van der Waals surface area contributed by atoms with Gasteiger partial charge in [-0.05, 0) is 49.7 Å². The van der Waals surface area contributed by atoms with E-state index in [0.717, 1.165) is 29.0 Å². The number of hydrogen-bond donors (Lipinski definition) is 4. The summed E-state index contributed by atoms with van der Waals surface area (Å²) in [5.74, 6) is -2.09. The molecule has 164 valence electrons. The van der Waals surface area contributed by atoms with Crippen molar-refractivity contribution in [3.63, 3.8) is 0 Å². The first kappa shape index (κ1) is 21.5. The third kappa shape index (κ3) is 4.20. The molecule has 0 aliphatic carbocycles. The van der Waals surface area contributed by atoms with E-state index in [4.69, 9.17) is 5.73 Å². The molecule has 5 N–H and O–H groups in total. The highest BCUT2D eigenvalue weighted by Crippen LogP contribution is 2.40. The number of carbonyl (C=O) groups excluding carboxylic acids is 1. The number of rotatable bonds is 6. The zero-order valence-corrected chi connectivity index (χ0v) is 17.8. The van der Waals surface area contributed by atoms with Gasteiger partial charge in [-0.2, -0.15) is 15.4 Å². The monoisotopic (exact) mass is 456 g/mol. The van der Waals surface area contributed by atoms with Gasteiger partial charge < -0.3 is 16.2 Å². The van der Waals surface area contributed by atoms with Crippen molar-refractivity contribution >= 4 is 28.1 Å². The Balaban J connectivity index is 1.69. The number of carbonyl (C=O) groups is 1. The molecule has 1 aromatic carbocycles. The lowest BCUT2D eigenvalue weighted by atomic mass is 9.96. The molecule has 0 aliphatic heterocycles. The molecule has 0 radical (unpaired) electrons. The zero-order valence-electron chi connectivity index (χ0n) is 17.0. The van der Waals surface area contributed by atoms with E-state index in [0.29, 0.717) is 16.5 Å². The third-order valence-electron chi connectivity index (χ3n) is 4.71. The highest BCUT2D eigenvalue weighted by molar-refractivity contribution is 7.20. The summed E-state index contributed by atoms with van der Waals surface area (Å²) in [6.45, 7) is 2.86. The Morgan fingerprint density at radius 1 is 1.19 bits per heavy atom. The van der Waals surface area contributed by atoms with Gasteiger partial charge in [0.05, 0.1) is 22.9 Å². The van der Waals surface area contributed by atoms with Crippen molar-refractivity contribution in [2.45, 2.75) is 19.4 Å². The molecule has 3 heterocycles. The van der Waals surface area contributed by atoms with Gasteiger partial charge in [0.1, 0.15) is 28.1 Å². The minimum atomic E-state index is -1.41. The first-order valence-corrected chi connectivity index (χ1v) is 10.2. The summed E-state index contributed by atoms with van der Waals surface area (Å²) >= 11 is 0.958. The topological polar surface area (TPSA) is 130 Å². The molecule has 0 bridgehead atoms. The first-order chi connectivity index (χ1) is 15.1. The van der Waals surface area contributed by atoms with E-state index in [9.17, 15) is 18.7 Å². The van der Waals surface area contributed by atoms with Gasteiger partial charge in [-0.3, -0.25) is 4.79 Å². The van der Waals surface area contributed by atoms with Gasteiger partial charge in [-0.15, -0.1) is 11.3 Å². The Labute approximate surface area is 185 Å². The SMILES string of the molecule is CC(C)(O)c1cc(F)c(-c2cc(C(N)=O)c(Nc3ccc(-c4cn[nH]n4)cn3)s2)c(F)c1. The quantitative estimate of drug-likeness (QED) is 0.348. The molecule has 0 spiro atoms. The molecular formula is C21H18F2N6O2S. The molecular weight excluding hydrogens is 438 g/mol. The van der Waals surface area contributed by atoms with Crippen LogP contribution in [-0.2, 0) is 5.60 Å². The van der Waals surface area contributed by atoms with Crippen LogP contribution in [0, 0.1) is 11.6 Å². The molecule has 8 nitrogen and oxygen atoms in total. The number of hydrogen-bond acceptors (Lipinski definition) is 7. The number of aliphatic hydroxyl groups is 1. The fraction of sp³-hybridized carbons (Fsp3) is 0.143. The van der Waals surface area contributed by atoms with Crippen molar-refractivity contribution in [2.75, 3.05) is 5.32 Å². The van der Waals surface area contributed by atoms with Crippen molar-refractivity contribution in [3.8, 4) is 21.7 Å². The number of primary amides is 1. The van der Waals surface area contributed by atoms with Crippen LogP contribution in [-0.4, -0.2) is 31.4 Å². The second kappa shape index (κ2) is 8.09. The maximum Gasteiger partial charge on any atom is 0.251 e. The van der Waals surface area contributed by atoms with E-state index in [1.807, 2.05) is 0 Å². The summed E-state index contributed by atoms with van der Waals surface area (Å²) in [5, 5.41) is 23.5. The molecule has 0 unspecified atom stereocenters. The first-order valence-electron chi connectivity index (χ1n) is 9.38. The van der Waals surface area contributed by atoms with Crippen LogP contribution in [0.2, 0.25) is 0 Å². The lowest BCUT2D eigenvalue weighted by molar-refractivity contribution is 0.0778. The molecule has 0 atom stereocenters. The summed E-state index contributed by atoms with van der Waals surface area (Å²) in [4.78, 5) is 16.4. The van der Waals surface area contributed by atoms with Crippen LogP contribution in [0.5, 0.6) is 0 Å². The number of aromatic amines is 1. The van der Waals surface area contributed by atoms with E-state index in [-0.39, 0.29) is 21.6 Å². The van der Waals surface area contributed by atoms with Crippen LogP contribution >= 0.6 is 11.3 Å². The smallest absolute Gasteiger partial charge is 0.251 e. The predicted molar refractivity (Wildman–Crippen MR) is 116 cm³/mol. The number of H-pyrrole nitrogens is 1. The van der Waals surface area contributed by atoms with Crippen molar-refractivity contribution in [2.24, 2.45) is 5.73 Å². The molecule has 11 heteroatoms. The van der Waals surface area contributed by atoms with Crippen LogP contribution in [0.4, 0.5) is 19.6 Å². The summed E-state index contributed by atoms with van der Waals surface area (Å²) in [7, 11) is 0. The average Bonchev–Trinajstić information content (AvgIpc) is 3.38. The van der Waals surface area contributed by atoms with E-state index in [1.54, 1.807) is 24.5 Å². The van der Waals surface area contributed by atoms with Crippen LogP contribution in [0.15, 0.2) is 42.7 Å². The second-order valence-electron chi connectivity index (χ2n) is 7.50. The summed E-state index contributed by atoms with van der Waals surface area (Å²) in [6, 6.07) is 6.87. The second-order valence-corrected chi connectivity index (χ2v) is 8.56. The molecule has 0 saturated carbocycles. The Morgan fingerprint density at radius 3 is 2.44 bits per heavy atom. The molecule has 0 fully saturated rings. The van der Waals surface area contributed by atoms with Crippen molar-refractivity contribution < 1.29 is 18.7 Å². The lowest BCUT2D eigenvalue weighted by Gasteiger charge is -2.18. The Morgan fingerprint density at radius 2 is 1.91 bits per heavy atom. The van der Waals surface area contributed by atoms with E-state index in [1.165, 1.54) is 19.9 Å². The summed E-state index contributed by atoms with van der Waals surface area (Å²) < 4.78 is 29.5. The normalized spacial score (nSPS) is 11.5. The van der Waals surface area contributed by atoms with Gasteiger partial charge >= 0.3 is 0 Å². The Kier molecular flexibility index (Phi) is 5.45. The lowest BCUT2D eigenvalue weighted by Crippen LogP contribution is -2.16. The van der Waals surface area contributed by atoms with E-state index in [2.05, 4.69) is 25.7 Å². The standard InChI is InChI=1S/C21H18F2N6O2S/c1-21(2,31)11-5-13(22)18(14(23)6-11)16-7-12(19(24)30)20(32-16)27-17-4-3-10(8-25-17)15-9-26-29-28-15/h3-9,31H,1-2H3,(H2,24,30)(H,25,27)(H,26,28,29). The number of pyridine rings is 1. The van der Waals surface area contributed by atoms with Crippen LogP contribution < -0.4 is 11.1 Å². The Bertz CT molecular complexity index is 1260. The molecule has 32 heavy (non-hydrogen) atoms. The minimum Gasteiger partial charge on any atom is -0.386 e. The maximum atomic E-state index is 14.8. The zero-order chi connectivity index (χ0) is 23.0. The third-order valence-corrected chi connectivity index (χ3v) is 5.78. The van der Waals surface area contributed by atoms with Crippen LogP contribution in [0.25, 0.3) is 21.7 Å². The molecule has 0 aliphatic rings. The number of nitrogens with two attached hydrogens (primary N) is 1. The maximum absolute atomic E-state index is 14.8. The summed E-state index contributed by atoms with van der Waals surface area (Å²) in [6.07, 6.45) is 3.11. The van der Waals surface area contributed by atoms with Crippen molar-refractivity contribution in [1.82, 2.24) is 20.4 Å². The van der Waals surface area contributed by atoms with Gasteiger partial charge in [0, 0.05) is 16.6 Å². The average molecular weight is 456 g/mol. The molecule has 0 saturated heterocycles. The molecule has 1 amide bonds. The number of nitrogens with zero attached hydrogens (tertiary/aromatic N) is 3. The number of thiophene rings is 1. The van der Waals surface area contributed by atoms with Gasteiger partial charge in [0.25, 0.3) is 5.91 Å². The van der Waals surface area contributed by atoms with Crippen LogP contribution in [0.3, 0.4) is 0 Å². The van der Waals surface area contributed by atoms with Gasteiger partial charge in [-0.1, -0.05) is 0 Å². The number of halogens is 2. The number of amides is 1. The van der Waals surface area contributed by atoms with Crippen molar-refractivity contribution in [3.05, 3.63) is 65.5 Å². The number of benzene rings is 1. The largest absolute Gasteiger partial charge is 0.386 e. The van der Waals surface area contributed by atoms with Crippen molar-refractivity contribution in [1.29, 1.82) is 0 Å². The molecule has 4 rings (SSSR count).